The molecule has 0 amide bonds. The number of thiophene rings is 1. The maximum atomic E-state index is 8.83. The predicted octanol–water partition coefficient (Wildman–Crippen LogP) is 2.28. The molecule has 0 saturated heterocycles. The van der Waals surface area contributed by atoms with E-state index < -0.39 is 0 Å². The molecule has 1 atom stereocenters. The minimum absolute atomic E-state index is 0.0452. The van der Waals surface area contributed by atoms with Crippen molar-refractivity contribution in [3.8, 4) is 0 Å². The Bertz CT molecular complexity index is 424. The Hall–Kier alpha value is -0.900. The van der Waals surface area contributed by atoms with Gasteiger partial charge in [-0.25, -0.2) is 0 Å². The molecule has 3 N–H and O–H groups in total. The summed E-state index contributed by atoms with van der Waals surface area (Å²) in [7, 11) is 0. The van der Waals surface area contributed by atoms with Gasteiger partial charge in [0.05, 0.1) is 0 Å². The molecule has 2 nitrogen and oxygen atoms in total. The molecule has 2 rings (SSSR count). The Labute approximate surface area is 87.0 Å². The van der Waals surface area contributed by atoms with Gasteiger partial charge in [0, 0.05) is 17.3 Å². The van der Waals surface area contributed by atoms with Crippen LogP contribution in [0.2, 0.25) is 0 Å². The number of hydrogen-bond acceptors (Lipinski definition) is 3. The smallest absolute Gasteiger partial charge is 0.0449 e. The molecule has 0 spiro atoms. The molecule has 0 unspecified atom stereocenters. The molecular weight excluding hydrogens is 194 g/mol. The second-order valence-electron chi connectivity index (χ2n) is 3.31. The van der Waals surface area contributed by atoms with E-state index in [1.165, 1.54) is 10.1 Å². The lowest BCUT2D eigenvalue weighted by Gasteiger charge is -2.08. The maximum Gasteiger partial charge on any atom is 0.0449 e. The van der Waals surface area contributed by atoms with Gasteiger partial charge in [-0.15, -0.1) is 11.3 Å². The summed E-state index contributed by atoms with van der Waals surface area (Å²) in [6.45, 7) is 0.144. The molecule has 1 heterocycles. The molecule has 1 aromatic heterocycles. The van der Waals surface area contributed by atoms with Crippen LogP contribution in [0.5, 0.6) is 0 Å². The van der Waals surface area contributed by atoms with Gasteiger partial charge < -0.3 is 10.8 Å². The molecule has 14 heavy (non-hydrogen) atoms. The van der Waals surface area contributed by atoms with Crippen molar-refractivity contribution in [3.05, 3.63) is 35.2 Å². The van der Waals surface area contributed by atoms with Crippen LogP contribution in [0.3, 0.4) is 0 Å². The zero-order valence-corrected chi connectivity index (χ0v) is 8.63. The van der Waals surface area contributed by atoms with Crippen LogP contribution in [-0.4, -0.2) is 11.7 Å². The Kier molecular flexibility index (Phi) is 2.82. The van der Waals surface area contributed by atoms with E-state index in [1.807, 2.05) is 12.1 Å². The third-order valence-corrected chi connectivity index (χ3v) is 3.33. The molecule has 0 bridgehead atoms. The summed E-state index contributed by atoms with van der Waals surface area (Å²) in [6, 6.07) is 8.17. The minimum Gasteiger partial charge on any atom is -0.396 e. The molecule has 0 radical (unpaired) electrons. The third-order valence-electron chi connectivity index (χ3n) is 2.35. The average Bonchev–Trinajstić information content (AvgIpc) is 2.61. The van der Waals surface area contributed by atoms with Crippen molar-refractivity contribution in [2.24, 2.45) is 5.73 Å². The van der Waals surface area contributed by atoms with Crippen LogP contribution < -0.4 is 5.73 Å². The summed E-state index contributed by atoms with van der Waals surface area (Å²) in [5.74, 6) is 0. The van der Waals surface area contributed by atoms with Crippen molar-refractivity contribution in [2.75, 3.05) is 6.61 Å². The van der Waals surface area contributed by atoms with Crippen molar-refractivity contribution in [2.45, 2.75) is 12.5 Å². The zero-order chi connectivity index (χ0) is 9.97. The molecular formula is C11H13NOS. The zero-order valence-electron chi connectivity index (χ0n) is 7.81. The molecule has 0 saturated carbocycles. The fraction of sp³-hybridized carbons (Fsp3) is 0.273. The summed E-state index contributed by atoms with van der Waals surface area (Å²) >= 11 is 1.71. The summed E-state index contributed by atoms with van der Waals surface area (Å²) < 4.78 is 1.26. The van der Waals surface area contributed by atoms with Crippen molar-refractivity contribution in [1.82, 2.24) is 0 Å². The third kappa shape index (κ3) is 1.66. The summed E-state index contributed by atoms with van der Waals surface area (Å²) in [4.78, 5) is 0. The first-order valence-corrected chi connectivity index (χ1v) is 5.53. The van der Waals surface area contributed by atoms with Gasteiger partial charge in [0.15, 0.2) is 0 Å². The molecule has 1 aromatic carbocycles. The van der Waals surface area contributed by atoms with Crippen LogP contribution in [0.4, 0.5) is 0 Å². The number of rotatable bonds is 3. The summed E-state index contributed by atoms with van der Waals surface area (Å²) in [6.07, 6.45) is 0.626. The highest BCUT2D eigenvalue weighted by atomic mass is 32.1. The van der Waals surface area contributed by atoms with Crippen LogP contribution in [0.1, 0.15) is 18.0 Å². The summed E-state index contributed by atoms with van der Waals surface area (Å²) in [5, 5.41) is 12.1. The molecule has 2 aromatic rings. The van der Waals surface area contributed by atoms with E-state index in [1.54, 1.807) is 11.3 Å². The van der Waals surface area contributed by atoms with Gasteiger partial charge >= 0.3 is 0 Å². The number of fused-ring (bicyclic) bond motifs is 1. The molecule has 0 fully saturated rings. The first kappa shape index (κ1) is 9.65. The lowest BCUT2D eigenvalue weighted by atomic mass is 10.0. The Morgan fingerprint density at radius 3 is 2.93 bits per heavy atom. The Balaban J connectivity index is 2.42. The lowest BCUT2D eigenvalue weighted by Crippen LogP contribution is -2.11. The number of nitrogens with two attached hydrogens (primary N) is 1. The monoisotopic (exact) mass is 207 g/mol. The van der Waals surface area contributed by atoms with Gasteiger partial charge in [-0.3, -0.25) is 0 Å². The predicted molar refractivity (Wildman–Crippen MR) is 60.5 cm³/mol. The fourth-order valence-corrected chi connectivity index (χ4v) is 2.61. The fourth-order valence-electron chi connectivity index (χ4n) is 1.58. The highest BCUT2D eigenvalue weighted by Crippen LogP contribution is 2.30. The highest BCUT2D eigenvalue weighted by molar-refractivity contribution is 7.17. The summed E-state index contributed by atoms with van der Waals surface area (Å²) in [5.41, 5.74) is 7.12. The number of benzene rings is 1. The SMILES string of the molecule is N[C@@H](CCO)c1csc2ccccc12. The lowest BCUT2D eigenvalue weighted by molar-refractivity contribution is 0.277. The van der Waals surface area contributed by atoms with E-state index in [-0.39, 0.29) is 12.6 Å². The molecule has 74 valence electrons. The van der Waals surface area contributed by atoms with E-state index in [0.717, 1.165) is 5.56 Å². The average molecular weight is 207 g/mol. The molecule has 0 aliphatic heterocycles. The molecule has 3 heteroatoms. The number of aliphatic hydroxyl groups is 1. The second-order valence-corrected chi connectivity index (χ2v) is 4.22. The topological polar surface area (TPSA) is 46.2 Å². The van der Waals surface area contributed by atoms with Gasteiger partial charge in [0.1, 0.15) is 0 Å². The van der Waals surface area contributed by atoms with Crippen LogP contribution >= 0.6 is 11.3 Å². The normalized spacial score (nSPS) is 13.3. The Morgan fingerprint density at radius 2 is 2.14 bits per heavy atom. The first-order valence-electron chi connectivity index (χ1n) is 4.65. The van der Waals surface area contributed by atoms with E-state index in [2.05, 4.69) is 17.5 Å². The van der Waals surface area contributed by atoms with E-state index in [4.69, 9.17) is 10.8 Å². The molecule has 0 aliphatic rings. The minimum atomic E-state index is -0.0452. The maximum absolute atomic E-state index is 8.83. The van der Waals surface area contributed by atoms with E-state index in [0.29, 0.717) is 6.42 Å². The van der Waals surface area contributed by atoms with Crippen LogP contribution in [0.15, 0.2) is 29.6 Å². The highest BCUT2D eigenvalue weighted by Gasteiger charge is 2.10. The van der Waals surface area contributed by atoms with Crippen LogP contribution in [0.25, 0.3) is 10.1 Å². The van der Waals surface area contributed by atoms with E-state index in [9.17, 15) is 0 Å². The van der Waals surface area contributed by atoms with Gasteiger partial charge in [-0.05, 0) is 28.8 Å². The number of hydrogen-bond donors (Lipinski definition) is 2. The van der Waals surface area contributed by atoms with Crippen molar-refractivity contribution < 1.29 is 5.11 Å². The largest absolute Gasteiger partial charge is 0.396 e. The number of aliphatic hydroxyl groups excluding tert-OH is 1. The van der Waals surface area contributed by atoms with Gasteiger partial charge in [-0.2, -0.15) is 0 Å². The quantitative estimate of drug-likeness (QED) is 0.811. The van der Waals surface area contributed by atoms with Gasteiger partial charge in [0.25, 0.3) is 0 Å². The molecule has 0 aliphatic carbocycles. The van der Waals surface area contributed by atoms with Gasteiger partial charge in [-0.1, -0.05) is 18.2 Å². The first-order chi connectivity index (χ1) is 6.83. The van der Waals surface area contributed by atoms with Crippen molar-refractivity contribution >= 4 is 21.4 Å². The van der Waals surface area contributed by atoms with Crippen LogP contribution in [-0.2, 0) is 0 Å². The van der Waals surface area contributed by atoms with Crippen LogP contribution in [0, 0.1) is 0 Å². The van der Waals surface area contributed by atoms with Crippen molar-refractivity contribution in [3.63, 3.8) is 0 Å². The second kappa shape index (κ2) is 4.09. The van der Waals surface area contributed by atoms with Gasteiger partial charge in [0.2, 0.25) is 0 Å². The van der Waals surface area contributed by atoms with Crippen molar-refractivity contribution in [1.29, 1.82) is 0 Å². The standard InChI is InChI=1S/C11H13NOS/c12-10(5-6-13)9-7-14-11-4-2-1-3-8(9)11/h1-4,7,10,13H,5-6,12H2/t10-/m0/s1. The van der Waals surface area contributed by atoms with E-state index >= 15 is 0 Å². The Morgan fingerprint density at radius 1 is 1.36 bits per heavy atom.